The SMILES string of the molecule is Cc1cccc(C)c1-c1cc(O)nc(NSc2cccc(N3CCCN(C)CC3C(C)C)c2)n1. The van der Waals surface area contributed by atoms with Crippen molar-refractivity contribution in [2.45, 2.75) is 45.1 Å². The van der Waals surface area contributed by atoms with Crippen molar-refractivity contribution >= 4 is 23.6 Å². The number of aryl methyl sites for hydroxylation is 2. The van der Waals surface area contributed by atoms with E-state index in [0.717, 1.165) is 47.6 Å². The Balaban J connectivity index is 1.54. The van der Waals surface area contributed by atoms with Gasteiger partial charge in [0.25, 0.3) is 0 Å². The summed E-state index contributed by atoms with van der Waals surface area (Å²) in [5.74, 6) is 0.918. The molecule has 1 saturated heterocycles. The van der Waals surface area contributed by atoms with Gasteiger partial charge in [-0.2, -0.15) is 4.98 Å². The molecule has 0 spiro atoms. The number of hydrogen-bond donors (Lipinski definition) is 2. The van der Waals surface area contributed by atoms with Crippen LogP contribution in [0.1, 0.15) is 31.4 Å². The highest BCUT2D eigenvalue weighted by Gasteiger charge is 2.26. The maximum atomic E-state index is 10.3. The largest absolute Gasteiger partial charge is 0.493 e. The Hall–Kier alpha value is -2.77. The molecule has 1 atom stereocenters. The van der Waals surface area contributed by atoms with Crippen LogP contribution in [0.25, 0.3) is 11.3 Å². The second-order valence-corrected chi connectivity index (χ2v) is 10.4. The molecule has 6 nitrogen and oxygen atoms in total. The van der Waals surface area contributed by atoms with Crippen molar-refractivity contribution < 1.29 is 5.11 Å². The lowest BCUT2D eigenvalue weighted by Gasteiger charge is -2.36. The van der Waals surface area contributed by atoms with Crippen LogP contribution in [0.15, 0.2) is 53.4 Å². The van der Waals surface area contributed by atoms with Crippen molar-refractivity contribution in [3.63, 3.8) is 0 Å². The van der Waals surface area contributed by atoms with Crippen LogP contribution < -0.4 is 9.62 Å². The number of aromatic nitrogens is 2. The molecule has 0 aliphatic carbocycles. The highest BCUT2D eigenvalue weighted by atomic mass is 32.2. The Morgan fingerprint density at radius 2 is 1.76 bits per heavy atom. The van der Waals surface area contributed by atoms with Crippen molar-refractivity contribution in [2.75, 3.05) is 36.3 Å². The van der Waals surface area contributed by atoms with Crippen LogP contribution in [-0.4, -0.2) is 52.7 Å². The molecule has 1 aliphatic heterocycles. The molecule has 2 aromatic carbocycles. The smallest absolute Gasteiger partial charge is 0.237 e. The van der Waals surface area contributed by atoms with Gasteiger partial charge in [0.2, 0.25) is 11.8 Å². The van der Waals surface area contributed by atoms with E-state index in [1.807, 2.05) is 6.07 Å². The lowest BCUT2D eigenvalue weighted by atomic mass is 10.00. The zero-order valence-corrected chi connectivity index (χ0v) is 21.6. The van der Waals surface area contributed by atoms with E-state index >= 15 is 0 Å². The Bertz CT molecular complexity index is 1120. The third-order valence-electron chi connectivity index (χ3n) is 6.47. The summed E-state index contributed by atoms with van der Waals surface area (Å²) in [4.78, 5) is 15.0. The molecule has 0 saturated carbocycles. The standard InChI is InChI=1S/C27H35N5OS/c1-18(2)24-17-31(5)13-8-14-32(24)21-11-7-12-22(15-21)34-30-27-28-23(16-25(33)29-27)26-19(3)9-6-10-20(26)4/h6-7,9-12,15-16,18,24H,8,13-14,17H2,1-5H3,(H2,28,29,30,33). The number of nitrogens with one attached hydrogen (secondary N) is 1. The number of likely N-dealkylation sites (N-methyl/N-ethyl adjacent to an activating group) is 1. The van der Waals surface area contributed by atoms with Crippen LogP contribution in [0, 0.1) is 19.8 Å². The molecule has 3 aromatic rings. The zero-order valence-electron chi connectivity index (χ0n) is 20.7. The van der Waals surface area contributed by atoms with E-state index in [2.05, 4.69) is 95.6 Å². The third-order valence-corrected chi connectivity index (χ3v) is 7.24. The molecule has 0 radical (unpaired) electrons. The Labute approximate surface area is 207 Å². The first kappa shape index (κ1) is 24.4. The first-order valence-electron chi connectivity index (χ1n) is 11.9. The van der Waals surface area contributed by atoms with Crippen LogP contribution in [-0.2, 0) is 0 Å². The van der Waals surface area contributed by atoms with E-state index < -0.39 is 0 Å². The van der Waals surface area contributed by atoms with Crippen LogP contribution in [0.3, 0.4) is 0 Å². The van der Waals surface area contributed by atoms with Gasteiger partial charge in [-0.25, -0.2) is 4.98 Å². The predicted octanol–water partition coefficient (Wildman–Crippen LogP) is 5.75. The number of rotatable bonds is 6. The van der Waals surface area contributed by atoms with Crippen molar-refractivity contribution in [3.8, 4) is 17.1 Å². The third kappa shape index (κ3) is 5.65. The summed E-state index contributed by atoms with van der Waals surface area (Å²) < 4.78 is 3.24. The lowest BCUT2D eigenvalue weighted by molar-refractivity contribution is 0.302. The first-order valence-corrected chi connectivity index (χ1v) is 12.8. The summed E-state index contributed by atoms with van der Waals surface area (Å²) >= 11 is 1.46. The maximum Gasteiger partial charge on any atom is 0.237 e. The number of nitrogens with zero attached hydrogens (tertiary/aromatic N) is 4. The molecular formula is C27H35N5OS. The topological polar surface area (TPSA) is 64.5 Å². The fourth-order valence-electron chi connectivity index (χ4n) is 4.73. The number of anilines is 2. The van der Waals surface area contributed by atoms with Crippen molar-refractivity contribution in [3.05, 3.63) is 59.7 Å². The van der Waals surface area contributed by atoms with Gasteiger partial charge in [0, 0.05) is 41.3 Å². The van der Waals surface area contributed by atoms with E-state index in [-0.39, 0.29) is 5.88 Å². The van der Waals surface area contributed by atoms with E-state index in [4.69, 9.17) is 0 Å². The molecule has 0 amide bonds. The molecule has 180 valence electrons. The zero-order chi connectivity index (χ0) is 24.2. The Morgan fingerprint density at radius 1 is 1.03 bits per heavy atom. The van der Waals surface area contributed by atoms with Gasteiger partial charge in [-0.15, -0.1) is 0 Å². The van der Waals surface area contributed by atoms with Crippen LogP contribution >= 0.6 is 11.9 Å². The van der Waals surface area contributed by atoms with Crippen molar-refractivity contribution in [2.24, 2.45) is 5.92 Å². The van der Waals surface area contributed by atoms with Crippen molar-refractivity contribution in [1.29, 1.82) is 0 Å². The quantitative estimate of drug-likeness (QED) is 0.438. The minimum absolute atomic E-state index is 0.0436. The molecule has 2 N–H and O–H groups in total. The summed E-state index contributed by atoms with van der Waals surface area (Å²) in [5, 5.41) is 10.3. The van der Waals surface area contributed by atoms with Gasteiger partial charge in [-0.3, -0.25) is 4.72 Å². The minimum atomic E-state index is -0.0436. The lowest BCUT2D eigenvalue weighted by Crippen LogP contribution is -2.43. The van der Waals surface area contributed by atoms with Gasteiger partial charge in [0.1, 0.15) is 0 Å². The van der Waals surface area contributed by atoms with Crippen LogP contribution in [0.4, 0.5) is 11.6 Å². The van der Waals surface area contributed by atoms with Crippen molar-refractivity contribution in [1.82, 2.24) is 14.9 Å². The predicted molar refractivity (Wildman–Crippen MR) is 143 cm³/mol. The Kier molecular flexibility index (Phi) is 7.63. The van der Waals surface area contributed by atoms with E-state index in [1.165, 1.54) is 17.6 Å². The van der Waals surface area contributed by atoms with Gasteiger partial charge in [-0.05, 0) is 81.1 Å². The normalized spacial score (nSPS) is 17.1. The van der Waals surface area contributed by atoms with E-state index in [9.17, 15) is 5.11 Å². The second-order valence-electron chi connectivity index (χ2n) is 9.52. The monoisotopic (exact) mass is 477 g/mol. The summed E-state index contributed by atoms with van der Waals surface area (Å²) in [6, 6.07) is 16.9. The van der Waals surface area contributed by atoms with Gasteiger partial charge in [-0.1, -0.05) is 38.1 Å². The second kappa shape index (κ2) is 10.7. The maximum absolute atomic E-state index is 10.3. The van der Waals surface area contributed by atoms with Crippen LogP contribution in [0.5, 0.6) is 5.88 Å². The summed E-state index contributed by atoms with van der Waals surface area (Å²) in [7, 11) is 2.22. The van der Waals surface area contributed by atoms with E-state index in [0.29, 0.717) is 23.6 Å². The van der Waals surface area contributed by atoms with Gasteiger partial charge in [0.05, 0.1) is 5.69 Å². The molecule has 1 aliphatic rings. The molecule has 7 heteroatoms. The fraction of sp³-hybridized carbons (Fsp3) is 0.407. The minimum Gasteiger partial charge on any atom is -0.493 e. The fourth-order valence-corrected chi connectivity index (χ4v) is 5.36. The molecule has 34 heavy (non-hydrogen) atoms. The van der Waals surface area contributed by atoms with Gasteiger partial charge in [0.15, 0.2) is 0 Å². The summed E-state index contributed by atoms with van der Waals surface area (Å²) in [5.41, 5.74) is 5.22. The highest BCUT2D eigenvalue weighted by Crippen LogP contribution is 2.31. The molecular weight excluding hydrogens is 442 g/mol. The van der Waals surface area contributed by atoms with Gasteiger partial charge >= 0.3 is 0 Å². The summed E-state index contributed by atoms with van der Waals surface area (Å²) in [6.07, 6.45) is 1.16. The molecule has 2 heterocycles. The first-order chi connectivity index (χ1) is 16.3. The Morgan fingerprint density at radius 3 is 2.50 bits per heavy atom. The number of benzene rings is 2. The van der Waals surface area contributed by atoms with Crippen LogP contribution in [0.2, 0.25) is 0 Å². The summed E-state index contributed by atoms with van der Waals surface area (Å²) in [6.45, 7) is 12.0. The molecule has 1 unspecified atom stereocenters. The van der Waals surface area contributed by atoms with E-state index in [1.54, 1.807) is 6.07 Å². The molecule has 1 fully saturated rings. The average Bonchev–Trinajstić information content (AvgIpc) is 2.99. The molecule has 0 bridgehead atoms. The van der Waals surface area contributed by atoms with Gasteiger partial charge < -0.3 is 14.9 Å². The highest BCUT2D eigenvalue weighted by molar-refractivity contribution is 8.00. The number of hydrogen-bond acceptors (Lipinski definition) is 7. The molecule has 1 aromatic heterocycles. The average molecular weight is 478 g/mol. The number of aromatic hydroxyl groups is 1. The molecule has 4 rings (SSSR count).